The van der Waals surface area contributed by atoms with Crippen molar-refractivity contribution in [3.63, 3.8) is 0 Å². The monoisotopic (exact) mass is 303 g/mol. The maximum Gasteiger partial charge on any atom is 0.138 e. The lowest BCUT2D eigenvalue weighted by molar-refractivity contribution is 0.614. The van der Waals surface area contributed by atoms with Crippen molar-refractivity contribution in [3.8, 4) is 0 Å². The van der Waals surface area contributed by atoms with Gasteiger partial charge in [-0.1, -0.05) is 30.3 Å². The molecule has 0 spiro atoms. The van der Waals surface area contributed by atoms with Crippen LogP contribution < -0.4 is 5.32 Å². The summed E-state index contributed by atoms with van der Waals surface area (Å²) in [6.45, 7) is 2.08. The van der Waals surface area contributed by atoms with Crippen molar-refractivity contribution in [3.05, 3.63) is 53.7 Å². The summed E-state index contributed by atoms with van der Waals surface area (Å²) in [5.41, 5.74) is 0.767. The predicted molar refractivity (Wildman–Crippen MR) is 85.6 cm³/mol. The van der Waals surface area contributed by atoms with Gasteiger partial charge in [0.05, 0.1) is 10.9 Å². The molecule has 0 fully saturated rings. The van der Waals surface area contributed by atoms with Crippen LogP contribution in [0.25, 0.3) is 10.2 Å². The van der Waals surface area contributed by atoms with Crippen molar-refractivity contribution in [2.75, 3.05) is 11.2 Å². The molecule has 0 aliphatic carbocycles. The first-order chi connectivity index (χ1) is 9.73. The van der Waals surface area contributed by atoms with Gasteiger partial charge in [-0.3, -0.25) is 0 Å². The van der Waals surface area contributed by atoms with E-state index in [0.29, 0.717) is 5.88 Å². The first-order valence-electron chi connectivity index (χ1n) is 6.31. The van der Waals surface area contributed by atoms with E-state index in [1.54, 1.807) is 17.7 Å². The molecule has 1 atom stereocenters. The molecule has 2 aromatic heterocycles. The largest absolute Gasteiger partial charge is 0.359 e. The second-order valence-electron chi connectivity index (χ2n) is 4.82. The molecular formula is C15H14ClN3S. The summed E-state index contributed by atoms with van der Waals surface area (Å²) in [7, 11) is 0. The standard InChI is InChI=1S/C15H14ClN3S/c1-15(9-16,11-5-3-2-4-6-11)19-13-12-7-8-20-14(12)18-10-17-13/h2-8,10H,9H2,1H3,(H,17,18,19). The Morgan fingerprint density at radius 2 is 2.00 bits per heavy atom. The molecule has 0 saturated carbocycles. The number of aromatic nitrogens is 2. The van der Waals surface area contributed by atoms with Crippen LogP contribution in [0.1, 0.15) is 12.5 Å². The van der Waals surface area contributed by atoms with Gasteiger partial charge in [0.25, 0.3) is 0 Å². The summed E-state index contributed by atoms with van der Waals surface area (Å²) in [4.78, 5) is 9.61. The number of alkyl halides is 1. The van der Waals surface area contributed by atoms with E-state index in [4.69, 9.17) is 11.6 Å². The van der Waals surface area contributed by atoms with Gasteiger partial charge in [0.15, 0.2) is 0 Å². The second-order valence-corrected chi connectivity index (χ2v) is 5.98. The van der Waals surface area contributed by atoms with Crippen LogP contribution in [0.4, 0.5) is 5.82 Å². The van der Waals surface area contributed by atoms with Gasteiger partial charge in [0.2, 0.25) is 0 Å². The molecule has 3 nitrogen and oxygen atoms in total. The average Bonchev–Trinajstić information content (AvgIpc) is 2.98. The van der Waals surface area contributed by atoms with Crippen molar-refractivity contribution in [1.29, 1.82) is 0 Å². The number of hydrogen-bond donors (Lipinski definition) is 1. The minimum Gasteiger partial charge on any atom is -0.359 e. The Hall–Kier alpha value is -1.65. The van der Waals surface area contributed by atoms with Crippen LogP contribution in [-0.4, -0.2) is 15.8 Å². The molecule has 0 bridgehead atoms. The smallest absolute Gasteiger partial charge is 0.138 e. The quantitative estimate of drug-likeness (QED) is 0.732. The molecule has 1 aromatic carbocycles. The topological polar surface area (TPSA) is 37.8 Å². The van der Waals surface area contributed by atoms with Crippen LogP contribution in [0.15, 0.2) is 48.1 Å². The Balaban J connectivity index is 2.01. The van der Waals surface area contributed by atoms with Crippen LogP contribution in [-0.2, 0) is 5.54 Å². The maximum atomic E-state index is 6.21. The number of benzene rings is 1. The Labute approximate surface area is 126 Å². The van der Waals surface area contributed by atoms with Crippen LogP contribution in [0.5, 0.6) is 0 Å². The van der Waals surface area contributed by atoms with Crippen LogP contribution in [0, 0.1) is 0 Å². The predicted octanol–water partition coefficient (Wildman–Crippen LogP) is 4.26. The van der Waals surface area contributed by atoms with E-state index >= 15 is 0 Å². The molecule has 20 heavy (non-hydrogen) atoms. The van der Waals surface area contributed by atoms with E-state index in [2.05, 4.69) is 34.3 Å². The molecule has 3 rings (SSSR count). The lowest BCUT2D eigenvalue weighted by atomic mass is 9.94. The zero-order chi connectivity index (χ0) is 14.0. The molecular weight excluding hydrogens is 290 g/mol. The molecule has 3 aromatic rings. The lowest BCUT2D eigenvalue weighted by Crippen LogP contribution is -2.34. The van der Waals surface area contributed by atoms with E-state index in [-0.39, 0.29) is 5.54 Å². The number of hydrogen-bond acceptors (Lipinski definition) is 4. The van der Waals surface area contributed by atoms with Gasteiger partial charge in [-0.2, -0.15) is 0 Å². The van der Waals surface area contributed by atoms with Gasteiger partial charge in [-0.25, -0.2) is 9.97 Å². The van der Waals surface area contributed by atoms with Crippen LogP contribution >= 0.6 is 22.9 Å². The fourth-order valence-electron chi connectivity index (χ4n) is 2.14. The summed E-state index contributed by atoms with van der Waals surface area (Å²) in [5.74, 6) is 1.27. The minimum atomic E-state index is -0.369. The third-order valence-corrected chi connectivity index (χ3v) is 4.69. The summed E-state index contributed by atoms with van der Waals surface area (Å²) < 4.78 is 0. The highest BCUT2D eigenvalue weighted by atomic mass is 35.5. The Morgan fingerprint density at radius 3 is 2.75 bits per heavy atom. The fraction of sp³-hybridized carbons (Fsp3) is 0.200. The second kappa shape index (κ2) is 5.38. The molecule has 0 saturated heterocycles. The minimum absolute atomic E-state index is 0.369. The first kappa shape index (κ1) is 13.3. The van der Waals surface area contributed by atoms with E-state index < -0.39 is 0 Å². The van der Waals surface area contributed by atoms with Gasteiger partial charge in [-0.05, 0) is 23.9 Å². The van der Waals surface area contributed by atoms with Crippen LogP contribution in [0.3, 0.4) is 0 Å². The van der Waals surface area contributed by atoms with Gasteiger partial charge < -0.3 is 5.32 Å². The molecule has 5 heteroatoms. The first-order valence-corrected chi connectivity index (χ1v) is 7.72. The summed E-state index contributed by atoms with van der Waals surface area (Å²) in [5, 5.41) is 6.53. The number of nitrogens with zero attached hydrogens (tertiary/aromatic N) is 2. The number of thiophene rings is 1. The molecule has 0 amide bonds. The number of nitrogens with one attached hydrogen (secondary N) is 1. The summed E-state index contributed by atoms with van der Waals surface area (Å²) in [6, 6.07) is 12.2. The zero-order valence-corrected chi connectivity index (χ0v) is 12.6. The number of anilines is 1. The molecule has 1 N–H and O–H groups in total. The Morgan fingerprint density at radius 1 is 1.20 bits per heavy atom. The van der Waals surface area contributed by atoms with Crippen molar-refractivity contribution in [1.82, 2.24) is 9.97 Å². The lowest BCUT2D eigenvalue weighted by Gasteiger charge is -2.30. The fourth-order valence-corrected chi connectivity index (χ4v) is 3.09. The van der Waals surface area contributed by atoms with E-state index in [1.165, 1.54) is 0 Å². The van der Waals surface area contributed by atoms with E-state index in [0.717, 1.165) is 21.6 Å². The SMILES string of the molecule is CC(CCl)(Nc1ncnc2sccc12)c1ccccc1. The van der Waals surface area contributed by atoms with Gasteiger partial charge >= 0.3 is 0 Å². The molecule has 0 aliphatic rings. The maximum absolute atomic E-state index is 6.21. The van der Waals surface area contributed by atoms with Gasteiger partial charge in [0, 0.05) is 5.88 Å². The third kappa shape index (κ3) is 2.37. The molecule has 0 radical (unpaired) electrons. The van der Waals surface area contributed by atoms with Crippen molar-refractivity contribution in [2.24, 2.45) is 0 Å². The molecule has 102 valence electrons. The highest BCUT2D eigenvalue weighted by Crippen LogP contribution is 2.31. The highest BCUT2D eigenvalue weighted by molar-refractivity contribution is 7.16. The summed E-state index contributed by atoms with van der Waals surface area (Å²) in [6.07, 6.45) is 1.58. The van der Waals surface area contributed by atoms with Crippen molar-refractivity contribution < 1.29 is 0 Å². The number of fused-ring (bicyclic) bond motifs is 1. The summed E-state index contributed by atoms with van der Waals surface area (Å²) >= 11 is 7.82. The van der Waals surface area contributed by atoms with Crippen LogP contribution in [0.2, 0.25) is 0 Å². The average molecular weight is 304 g/mol. The number of halogens is 1. The van der Waals surface area contributed by atoms with Gasteiger partial charge in [0.1, 0.15) is 17.0 Å². The van der Waals surface area contributed by atoms with Crippen molar-refractivity contribution >= 4 is 39.0 Å². The third-order valence-electron chi connectivity index (χ3n) is 3.33. The highest BCUT2D eigenvalue weighted by Gasteiger charge is 2.26. The Kier molecular flexibility index (Phi) is 3.59. The number of rotatable bonds is 4. The van der Waals surface area contributed by atoms with E-state index in [9.17, 15) is 0 Å². The Bertz CT molecular complexity index is 713. The molecule has 1 unspecified atom stereocenters. The molecule has 0 aliphatic heterocycles. The van der Waals surface area contributed by atoms with Gasteiger partial charge in [-0.15, -0.1) is 22.9 Å². The zero-order valence-electron chi connectivity index (χ0n) is 11.0. The normalized spacial score (nSPS) is 14.1. The van der Waals surface area contributed by atoms with E-state index in [1.807, 2.05) is 29.6 Å². The molecule has 2 heterocycles. The van der Waals surface area contributed by atoms with Crippen molar-refractivity contribution in [2.45, 2.75) is 12.5 Å².